The first-order valence-corrected chi connectivity index (χ1v) is 16.5. The van der Waals surface area contributed by atoms with Crippen molar-refractivity contribution in [1.29, 1.82) is 0 Å². The van der Waals surface area contributed by atoms with Gasteiger partial charge in [0.15, 0.2) is 0 Å². The Morgan fingerprint density at radius 2 is 1.67 bits per heavy atom. The maximum Gasteiger partial charge on any atom is 0.337 e. The highest BCUT2D eigenvalue weighted by Gasteiger charge is 2.70. The zero-order valence-electron chi connectivity index (χ0n) is 27.2. The molecule has 0 radical (unpaired) electrons. The van der Waals surface area contributed by atoms with Crippen LogP contribution >= 0.6 is 0 Å². The van der Waals surface area contributed by atoms with Crippen molar-refractivity contribution in [2.75, 3.05) is 7.11 Å². The predicted molar refractivity (Wildman–Crippen MR) is 172 cm³/mol. The number of allylic oxidation sites excluding steroid dienone is 3. The van der Waals surface area contributed by atoms with Crippen molar-refractivity contribution in [1.82, 2.24) is 0 Å². The van der Waals surface area contributed by atoms with Crippen LogP contribution in [0.25, 0.3) is 5.57 Å². The first kappa shape index (κ1) is 29.7. The highest BCUT2D eigenvalue weighted by atomic mass is 16.5. The summed E-state index contributed by atoms with van der Waals surface area (Å²) in [5.41, 5.74) is 5.65. The van der Waals surface area contributed by atoms with Crippen molar-refractivity contribution in [2.24, 2.45) is 61.8 Å². The first-order valence-electron chi connectivity index (χ1n) is 16.5. The lowest BCUT2D eigenvalue weighted by molar-refractivity contribution is -0.219. The highest BCUT2D eigenvalue weighted by Crippen LogP contribution is 2.77. The molecule has 0 bridgehead atoms. The maximum atomic E-state index is 12.1. The smallest absolute Gasteiger partial charge is 0.337 e. The Labute approximate surface area is 254 Å². The molecule has 6 rings (SSSR count). The first-order chi connectivity index (χ1) is 19.8. The van der Waals surface area contributed by atoms with E-state index in [9.17, 15) is 4.79 Å². The summed E-state index contributed by atoms with van der Waals surface area (Å²) < 4.78 is 4.94. The van der Waals surface area contributed by atoms with E-state index < -0.39 is 0 Å². The van der Waals surface area contributed by atoms with Gasteiger partial charge in [-0.3, -0.25) is 0 Å². The Balaban J connectivity index is 1.35. The number of hydrogen-bond donors (Lipinski definition) is 0. The standard InChI is InChI=1S/C38H53NO3/c1-24(2)27-15-20-38(23-39-41)22-21-36(6)29(32(27)38)13-14-31-35(5)18-16-28(25-9-11-26(12-10-25)33(40)42-8)34(3,4)30(35)17-19-37(31,36)7/h9-12,16,23,27,29-32,41H,1,13-15,17-22H2,2-8H3/p+1/b39-23+/t27-,29+,30-,31+,32+,35-,36+,37+,38?/m0/s1. The number of carbonyl (C=O) groups is 1. The molecule has 0 amide bonds. The SMILES string of the molecule is C=C(C)[C@@H]1CCC2(/C=N/[OH2+])CC[C@]3(C)[C@H](CC[C@@H]4[C@@]5(C)CC=C(c6ccc(C(=O)OC)cc6)C(C)(C)[C@@H]5CC[C@]43C)[C@@H]12. The lowest BCUT2D eigenvalue weighted by Gasteiger charge is -2.72. The number of nitrogens with zero attached hydrogens (tertiary/aromatic N) is 1. The molecule has 1 aromatic carbocycles. The average molecular weight is 573 g/mol. The van der Waals surface area contributed by atoms with Crippen LogP contribution in [0, 0.1) is 56.7 Å². The van der Waals surface area contributed by atoms with Crippen molar-refractivity contribution >= 4 is 17.8 Å². The van der Waals surface area contributed by atoms with Crippen LogP contribution in [-0.4, -0.2) is 24.5 Å². The molecule has 2 N–H and O–H groups in total. The molecule has 42 heavy (non-hydrogen) atoms. The number of fused-ring (bicyclic) bond motifs is 7. The van der Waals surface area contributed by atoms with Crippen LogP contribution < -0.4 is 0 Å². The van der Waals surface area contributed by atoms with Crippen molar-refractivity contribution in [3.63, 3.8) is 0 Å². The summed E-state index contributed by atoms with van der Waals surface area (Å²) in [7, 11) is 1.44. The molecule has 4 nitrogen and oxygen atoms in total. The van der Waals surface area contributed by atoms with Crippen LogP contribution in [-0.2, 0) is 4.74 Å². The third-order valence-corrected chi connectivity index (χ3v) is 14.6. The van der Waals surface area contributed by atoms with Crippen molar-refractivity contribution in [2.45, 2.75) is 99.3 Å². The monoisotopic (exact) mass is 572 g/mol. The summed E-state index contributed by atoms with van der Waals surface area (Å²) in [6.07, 6.45) is 15.7. The van der Waals surface area contributed by atoms with E-state index in [1.54, 1.807) is 0 Å². The third kappa shape index (κ3) is 3.84. The van der Waals surface area contributed by atoms with E-state index in [0.29, 0.717) is 46.0 Å². The van der Waals surface area contributed by atoms with Gasteiger partial charge in [0.25, 0.3) is 0 Å². The summed E-state index contributed by atoms with van der Waals surface area (Å²) in [6.45, 7) is 19.7. The van der Waals surface area contributed by atoms with Gasteiger partial charge in [-0.15, -0.1) is 0 Å². The van der Waals surface area contributed by atoms with Gasteiger partial charge in [0.2, 0.25) is 0 Å². The molecule has 4 heteroatoms. The van der Waals surface area contributed by atoms with Crippen LogP contribution in [0.3, 0.4) is 0 Å². The molecule has 0 saturated heterocycles. The quantitative estimate of drug-likeness (QED) is 0.119. The van der Waals surface area contributed by atoms with E-state index in [-0.39, 0.29) is 22.2 Å². The zero-order valence-corrected chi connectivity index (χ0v) is 27.2. The van der Waals surface area contributed by atoms with Crippen molar-refractivity contribution in [3.8, 4) is 0 Å². The molecule has 0 spiro atoms. The molecule has 5 aliphatic carbocycles. The van der Waals surface area contributed by atoms with Crippen molar-refractivity contribution in [3.05, 3.63) is 53.6 Å². The molecular weight excluding hydrogens is 518 g/mol. The minimum absolute atomic E-state index is 0.0572. The molecule has 228 valence electrons. The highest BCUT2D eigenvalue weighted by molar-refractivity contribution is 5.90. The van der Waals surface area contributed by atoms with Crippen LogP contribution in [0.1, 0.15) is 115 Å². The number of methoxy groups -OCH3 is 1. The lowest BCUT2D eigenvalue weighted by Crippen LogP contribution is -2.65. The molecule has 1 aromatic rings. The van der Waals surface area contributed by atoms with Gasteiger partial charge in [-0.25, -0.2) is 4.79 Å². The number of ether oxygens (including phenoxy) is 1. The molecule has 9 atom stereocenters. The fraction of sp³-hybridized carbons (Fsp3) is 0.684. The van der Waals surface area contributed by atoms with Crippen LogP contribution in [0.2, 0.25) is 0 Å². The van der Waals surface area contributed by atoms with Gasteiger partial charge < -0.3 is 9.94 Å². The molecule has 1 unspecified atom stereocenters. The molecule has 0 aromatic heterocycles. The topological polar surface area (TPSA) is 61.6 Å². The van der Waals surface area contributed by atoms with Crippen LogP contribution in [0.4, 0.5) is 0 Å². The lowest BCUT2D eigenvalue weighted by atomic mass is 9.32. The van der Waals surface area contributed by atoms with Gasteiger partial charge in [0.1, 0.15) is 6.21 Å². The van der Waals surface area contributed by atoms with Gasteiger partial charge in [-0.2, -0.15) is 0 Å². The maximum absolute atomic E-state index is 12.1. The zero-order chi connectivity index (χ0) is 30.3. The van der Waals surface area contributed by atoms with Gasteiger partial charge in [-0.05, 0) is 139 Å². The molecular formula is C38H54NO3+. The van der Waals surface area contributed by atoms with Gasteiger partial charge in [-0.1, -0.05) is 65.0 Å². The Morgan fingerprint density at radius 1 is 0.952 bits per heavy atom. The Bertz CT molecular complexity index is 1320. The van der Waals surface area contributed by atoms with Gasteiger partial charge in [0.05, 0.1) is 12.7 Å². The summed E-state index contributed by atoms with van der Waals surface area (Å²) in [5, 5.41) is 11.8. The molecule has 5 aliphatic rings. The number of benzene rings is 1. The van der Waals surface area contributed by atoms with Gasteiger partial charge >= 0.3 is 5.97 Å². The number of hydrogen-bond acceptors (Lipinski definition) is 3. The van der Waals surface area contributed by atoms with Crippen LogP contribution in [0.15, 0.2) is 47.6 Å². The molecule has 0 heterocycles. The van der Waals surface area contributed by atoms with E-state index in [1.165, 1.54) is 75.2 Å². The minimum Gasteiger partial charge on any atom is -0.469 e. The largest absolute Gasteiger partial charge is 0.469 e. The second-order valence-corrected chi connectivity index (χ2v) is 16.3. The fourth-order valence-electron chi connectivity index (χ4n) is 12.6. The minimum atomic E-state index is -0.277. The normalized spacial score (nSPS) is 43.9. The van der Waals surface area contributed by atoms with E-state index in [0.717, 1.165) is 6.42 Å². The van der Waals surface area contributed by atoms with Crippen molar-refractivity contribution < 1.29 is 14.7 Å². The Kier molecular flexibility index (Phi) is 6.95. The van der Waals surface area contributed by atoms with Crippen LogP contribution in [0.5, 0.6) is 0 Å². The van der Waals surface area contributed by atoms with Gasteiger partial charge in [0, 0.05) is 10.6 Å². The summed E-state index contributed by atoms with van der Waals surface area (Å²) >= 11 is 0. The average Bonchev–Trinajstić information content (AvgIpc) is 3.33. The third-order valence-electron chi connectivity index (χ3n) is 14.6. The van der Waals surface area contributed by atoms with E-state index >= 15 is 0 Å². The second kappa shape index (κ2) is 9.83. The summed E-state index contributed by atoms with van der Waals surface area (Å²) in [6, 6.07) is 8.08. The summed E-state index contributed by atoms with van der Waals surface area (Å²) in [4.78, 5) is 12.1. The molecule has 0 aliphatic heterocycles. The second-order valence-electron chi connectivity index (χ2n) is 16.3. The van der Waals surface area contributed by atoms with E-state index in [1.807, 2.05) is 12.1 Å². The van der Waals surface area contributed by atoms with E-state index in [2.05, 4.69) is 77.7 Å². The Hall–Kier alpha value is -2.36. The number of rotatable bonds is 4. The molecule has 4 saturated carbocycles. The predicted octanol–water partition coefficient (Wildman–Crippen LogP) is 8.83. The fourth-order valence-corrected chi connectivity index (χ4v) is 12.6. The number of carbonyl (C=O) groups excluding carboxylic acids is 1. The molecule has 4 fully saturated rings. The number of esters is 1. The summed E-state index contributed by atoms with van der Waals surface area (Å²) in [5.74, 6) is 2.85. The van der Waals surface area contributed by atoms with E-state index in [4.69, 9.17) is 9.94 Å². The Morgan fingerprint density at radius 3 is 2.31 bits per heavy atom.